The quantitative estimate of drug-likeness (QED) is 0.817. The molecule has 1 N–H and O–H groups in total. The zero-order valence-electron chi connectivity index (χ0n) is 9.08. The van der Waals surface area contributed by atoms with Crippen LogP contribution in [0.4, 0.5) is 0 Å². The van der Waals surface area contributed by atoms with Gasteiger partial charge in [0.05, 0.1) is 11.6 Å². The van der Waals surface area contributed by atoms with Crippen LogP contribution in [0.15, 0.2) is 30.0 Å². The van der Waals surface area contributed by atoms with E-state index in [-0.39, 0.29) is 5.91 Å². The van der Waals surface area contributed by atoms with Gasteiger partial charge in [-0.1, -0.05) is 12.1 Å². The fraction of sp³-hybridized carbons (Fsp3) is 0.231. The number of benzene rings is 1. The standard InChI is InChI=1S/C13H12N2O/c1-9-5-6-10(8-14)7-12(9)13(16)15-11-3-2-4-11/h3,5-7H,2,4H2,1H3,(H,15,16). The summed E-state index contributed by atoms with van der Waals surface area (Å²) in [6.45, 7) is 1.87. The van der Waals surface area contributed by atoms with Gasteiger partial charge in [0.1, 0.15) is 0 Å². The van der Waals surface area contributed by atoms with Crippen molar-refractivity contribution in [2.24, 2.45) is 0 Å². The van der Waals surface area contributed by atoms with E-state index in [0.29, 0.717) is 11.1 Å². The molecule has 0 spiro atoms. The largest absolute Gasteiger partial charge is 0.326 e. The average Bonchev–Trinajstić information content (AvgIpc) is 2.24. The molecule has 0 saturated heterocycles. The summed E-state index contributed by atoms with van der Waals surface area (Å²) < 4.78 is 0. The molecule has 16 heavy (non-hydrogen) atoms. The van der Waals surface area contributed by atoms with Gasteiger partial charge >= 0.3 is 0 Å². The van der Waals surface area contributed by atoms with E-state index in [1.165, 1.54) is 0 Å². The molecule has 1 amide bonds. The molecule has 0 bridgehead atoms. The van der Waals surface area contributed by atoms with Crippen molar-refractivity contribution in [3.63, 3.8) is 0 Å². The van der Waals surface area contributed by atoms with E-state index in [4.69, 9.17) is 5.26 Å². The summed E-state index contributed by atoms with van der Waals surface area (Å²) >= 11 is 0. The Morgan fingerprint density at radius 1 is 1.50 bits per heavy atom. The molecule has 1 aliphatic rings. The minimum atomic E-state index is -0.124. The van der Waals surface area contributed by atoms with E-state index in [0.717, 1.165) is 24.1 Å². The molecular formula is C13H12N2O. The molecule has 0 radical (unpaired) electrons. The van der Waals surface area contributed by atoms with Gasteiger partial charge < -0.3 is 5.32 Å². The van der Waals surface area contributed by atoms with Crippen LogP contribution in [0.1, 0.15) is 34.3 Å². The van der Waals surface area contributed by atoms with Crippen LogP contribution in [0.2, 0.25) is 0 Å². The van der Waals surface area contributed by atoms with E-state index in [9.17, 15) is 4.79 Å². The van der Waals surface area contributed by atoms with Crippen molar-refractivity contribution >= 4 is 5.91 Å². The lowest BCUT2D eigenvalue weighted by atomic mass is 10.0. The summed E-state index contributed by atoms with van der Waals surface area (Å²) in [5.41, 5.74) is 2.95. The number of hydrogen-bond donors (Lipinski definition) is 1. The van der Waals surface area contributed by atoms with Gasteiger partial charge in [0.15, 0.2) is 0 Å². The van der Waals surface area contributed by atoms with Gasteiger partial charge in [-0.2, -0.15) is 5.26 Å². The van der Waals surface area contributed by atoms with Gasteiger partial charge in [-0.3, -0.25) is 4.79 Å². The SMILES string of the molecule is Cc1ccc(C#N)cc1C(=O)NC1=CCC1. The number of amides is 1. The highest BCUT2D eigenvalue weighted by Gasteiger charge is 2.13. The van der Waals surface area contributed by atoms with Crippen molar-refractivity contribution in [3.05, 3.63) is 46.7 Å². The Hall–Kier alpha value is -2.08. The van der Waals surface area contributed by atoms with Crippen molar-refractivity contribution in [2.75, 3.05) is 0 Å². The smallest absolute Gasteiger partial charge is 0.255 e. The summed E-state index contributed by atoms with van der Waals surface area (Å²) in [6.07, 6.45) is 3.97. The molecule has 2 rings (SSSR count). The van der Waals surface area contributed by atoms with Gasteiger partial charge in [0, 0.05) is 11.3 Å². The maximum Gasteiger partial charge on any atom is 0.255 e. The van der Waals surface area contributed by atoms with Crippen molar-refractivity contribution in [3.8, 4) is 6.07 Å². The maximum absolute atomic E-state index is 11.9. The van der Waals surface area contributed by atoms with E-state index in [1.807, 2.05) is 19.1 Å². The van der Waals surface area contributed by atoms with E-state index < -0.39 is 0 Å². The Morgan fingerprint density at radius 2 is 2.25 bits per heavy atom. The van der Waals surface area contributed by atoms with E-state index >= 15 is 0 Å². The monoisotopic (exact) mass is 212 g/mol. The van der Waals surface area contributed by atoms with Gasteiger partial charge in [-0.15, -0.1) is 0 Å². The normalized spacial score (nSPS) is 13.4. The predicted molar refractivity (Wildman–Crippen MR) is 60.7 cm³/mol. The molecule has 0 atom stereocenters. The Morgan fingerprint density at radius 3 is 2.81 bits per heavy atom. The highest BCUT2D eigenvalue weighted by atomic mass is 16.1. The summed E-state index contributed by atoms with van der Waals surface area (Å²) in [5, 5.41) is 11.6. The Balaban J connectivity index is 2.24. The van der Waals surface area contributed by atoms with Crippen LogP contribution in [-0.4, -0.2) is 5.91 Å². The molecule has 1 aromatic carbocycles. The summed E-state index contributed by atoms with van der Waals surface area (Å²) in [6, 6.07) is 7.18. The predicted octanol–water partition coefficient (Wildman–Crippen LogP) is 2.27. The first-order chi connectivity index (χ1) is 7.70. The topological polar surface area (TPSA) is 52.9 Å². The minimum absolute atomic E-state index is 0.124. The fourth-order valence-corrected chi connectivity index (χ4v) is 1.55. The van der Waals surface area contributed by atoms with Crippen LogP contribution >= 0.6 is 0 Å². The van der Waals surface area contributed by atoms with Crippen molar-refractivity contribution < 1.29 is 4.79 Å². The third-order valence-corrected chi connectivity index (χ3v) is 2.69. The fourth-order valence-electron chi connectivity index (χ4n) is 1.55. The first kappa shape index (κ1) is 10.4. The lowest BCUT2D eigenvalue weighted by Crippen LogP contribution is -2.26. The minimum Gasteiger partial charge on any atom is -0.326 e. The number of aryl methyl sites for hydroxylation is 1. The van der Waals surface area contributed by atoms with Gasteiger partial charge in [0.2, 0.25) is 0 Å². The summed E-state index contributed by atoms with van der Waals surface area (Å²) in [4.78, 5) is 11.9. The van der Waals surface area contributed by atoms with E-state index in [2.05, 4.69) is 5.32 Å². The molecule has 80 valence electrons. The lowest BCUT2D eigenvalue weighted by molar-refractivity contribution is 0.0962. The third kappa shape index (κ3) is 1.96. The van der Waals surface area contributed by atoms with E-state index in [1.54, 1.807) is 18.2 Å². The summed E-state index contributed by atoms with van der Waals surface area (Å²) in [7, 11) is 0. The Labute approximate surface area is 94.4 Å². The van der Waals surface area contributed by atoms with Gasteiger partial charge in [-0.25, -0.2) is 0 Å². The highest BCUT2D eigenvalue weighted by Crippen LogP contribution is 2.16. The van der Waals surface area contributed by atoms with Crippen LogP contribution in [0.5, 0.6) is 0 Å². The van der Waals surface area contributed by atoms with Gasteiger partial charge in [0.25, 0.3) is 5.91 Å². The molecule has 1 aromatic rings. The number of rotatable bonds is 2. The number of carbonyl (C=O) groups is 1. The number of allylic oxidation sites excluding steroid dienone is 2. The first-order valence-electron chi connectivity index (χ1n) is 5.22. The van der Waals surface area contributed by atoms with Crippen LogP contribution < -0.4 is 5.32 Å². The number of hydrogen-bond acceptors (Lipinski definition) is 2. The lowest BCUT2D eigenvalue weighted by Gasteiger charge is -2.16. The molecule has 0 heterocycles. The summed E-state index contributed by atoms with van der Waals surface area (Å²) in [5.74, 6) is -0.124. The third-order valence-electron chi connectivity index (χ3n) is 2.69. The molecule has 3 heteroatoms. The molecule has 1 aliphatic carbocycles. The van der Waals surface area contributed by atoms with Crippen LogP contribution in [0.25, 0.3) is 0 Å². The second kappa shape index (κ2) is 4.19. The van der Waals surface area contributed by atoms with Crippen LogP contribution in [0.3, 0.4) is 0 Å². The second-order valence-corrected chi connectivity index (χ2v) is 3.86. The maximum atomic E-state index is 11.9. The Kier molecular flexibility index (Phi) is 2.74. The highest BCUT2D eigenvalue weighted by molar-refractivity contribution is 5.97. The van der Waals surface area contributed by atoms with Crippen molar-refractivity contribution in [1.29, 1.82) is 5.26 Å². The van der Waals surface area contributed by atoms with Crippen molar-refractivity contribution in [1.82, 2.24) is 5.32 Å². The molecule has 0 fully saturated rings. The molecule has 0 aliphatic heterocycles. The van der Waals surface area contributed by atoms with Crippen LogP contribution in [-0.2, 0) is 0 Å². The zero-order valence-corrected chi connectivity index (χ0v) is 9.08. The van der Waals surface area contributed by atoms with Gasteiger partial charge in [-0.05, 0) is 37.5 Å². The molecule has 0 unspecified atom stereocenters. The number of nitrogens with zero attached hydrogens (tertiary/aromatic N) is 1. The molecule has 3 nitrogen and oxygen atoms in total. The Bertz CT molecular complexity index is 509. The van der Waals surface area contributed by atoms with Crippen LogP contribution in [0, 0.1) is 18.3 Å². The molecule has 0 aromatic heterocycles. The second-order valence-electron chi connectivity index (χ2n) is 3.86. The van der Waals surface area contributed by atoms with Crippen molar-refractivity contribution in [2.45, 2.75) is 19.8 Å². The average molecular weight is 212 g/mol. The number of nitriles is 1. The molecule has 0 saturated carbocycles. The zero-order chi connectivity index (χ0) is 11.5. The first-order valence-corrected chi connectivity index (χ1v) is 5.22. The molecular weight excluding hydrogens is 200 g/mol. The number of carbonyl (C=O) groups excluding carboxylic acids is 1. The number of nitrogens with one attached hydrogen (secondary N) is 1.